The van der Waals surface area contributed by atoms with Gasteiger partial charge in [-0.25, -0.2) is 4.52 Å². The Hall–Kier alpha value is -1.58. The minimum atomic E-state index is 0.543. The summed E-state index contributed by atoms with van der Waals surface area (Å²) in [7, 11) is 0. The summed E-state index contributed by atoms with van der Waals surface area (Å²) in [4.78, 5) is 4.52. The number of aromatic nitrogens is 3. The van der Waals surface area contributed by atoms with E-state index in [2.05, 4.69) is 22.3 Å². The Bertz CT molecular complexity index is 486. The third kappa shape index (κ3) is 2.19. The van der Waals surface area contributed by atoms with E-state index in [1.54, 1.807) is 0 Å². The first-order chi connectivity index (χ1) is 8.86. The number of fused-ring (bicyclic) bond motifs is 1. The molecule has 2 atom stereocenters. The molecule has 1 saturated carbocycles. The minimum Gasteiger partial charge on any atom is -0.350 e. The third-order valence-electron chi connectivity index (χ3n) is 3.99. The maximum Gasteiger partial charge on any atom is 0.243 e. The number of hydrogen-bond donors (Lipinski definition) is 1. The van der Waals surface area contributed by atoms with Crippen LogP contribution >= 0.6 is 0 Å². The number of anilines is 1. The Balaban J connectivity index is 1.78. The molecule has 0 aliphatic heterocycles. The van der Waals surface area contributed by atoms with Crippen LogP contribution in [0.15, 0.2) is 24.4 Å². The molecule has 0 saturated heterocycles. The molecule has 2 aromatic rings. The van der Waals surface area contributed by atoms with Crippen molar-refractivity contribution < 1.29 is 0 Å². The molecule has 2 aromatic heterocycles. The zero-order valence-electron chi connectivity index (χ0n) is 10.8. The van der Waals surface area contributed by atoms with E-state index in [9.17, 15) is 0 Å². The van der Waals surface area contributed by atoms with Crippen molar-refractivity contribution in [2.75, 3.05) is 5.32 Å². The molecule has 0 amide bonds. The van der Waals surface area contributed by atoms with E-state index < -0.39 is 0 Å². The van der Waals surface area contributed by atoms with Crippen LogP contribution < -0.4 is 5.32 Å². The Kier molecular flexibility index (Phi) is 3.17. The second kappa shape index (κ2) is 4.96. The van der Waals surface area contributed by atoms with E-state index in [0.29, 0.717) is 6.04 Å². The van der Waals surface area contributed by atoms with Crippen LogP contribution in [0.3, 0.4) is 0 Å². The van der Waals surface area contributed by atoms with Gasteiger partial charge in [0.05, 0.1) is 0 Å². The number of nitrogens with one attached hydrogen (secondary N) is 1. The largest absolute Gasteiger partial charge is 0.350 e. The summed E-state index contributed by atoms with van der Waals surface area (Å²) in [6, 6.07) is 6.49. The summed E-state index contributed by atoms with van der Waals surface area (Å²) in [5.41, 5.74) is 0.906. The Morgan fingerprint density at radius 2 is 2.22 bits per heavy atom. The van der Waals surface area contributed by atoms with Gasteiger partial charge < -0.3 is 5.32 Å². The number of hydrogen-bond acceptors (Lipinski definition) is 3. The molecule has 3 rings (SSSR count). The first-order valence-electron chi connectivity index (χ1n) is 6.95. The van der Waals surface area contributed by atoms with Crippen LogP contribution in [0, 0.1) is 5.92 Å². The monoisotopic (exact) mass is 244 g/mol. The van der Waals surface area contributed by atoms with Gasteiger partial charge in [0.15, 0.2) is 5.65 Å². The zero-order chi connectivity index (χ0) is 12.4. The Labute approximate surface area is 107 Å². The van der Waals surface area contributed by atoms with E-state index in [1.807, 2.05) is 28.9 Å². The SMILES string of the molecule is CCC1CCCCC1Nc1nc2ccccn2n1. The summed E-state index contributed by atoms with van der Waals surface area (Å²) in [5, 5.41) is 8.00. The van der Waals surface area contributed by atoms with Gasteiger partial charge in [-0.3, -0.25) is 0 Å². The molecule has 1 aliphatic carbocycles. The van der Waals surface area contributed by atoms with Gasteiger partial charge >= 0.3 is 0 Å². The molecule has 1 N–H and O–H groups in total. The van der Waals surface area contributed by atoms with Gasteiger partial charge in [0.2, 0.25) is 5.95 Å². The van der Waals surface area contributed by atoms with Gasteiger partial charge in [0, 0.05) is 12.2 Å². The van der Waals surface area contributed by atoms with E-state index in [0.717, 1.165) is 17.5 Å². The van der Waals surface area contributed by atoms with Crippen molar-refractivity contribution in [2.24, 2.45) is 5.92 Å². The second-order valence-electron chi connectivity index (χ2n) is 5.14. The average molecular weight is 244 g/mol. The van der Waals surface area contributed by atoms with E-state index >= 15 is 0 Å². The molecule has 1 fully saturated rings. The van der Waals surface area contributed by atoms with Crippen LogP contribution in [0.5, 0.6) is 0 Å². The standard InChI is InChI=1S/C14H20N4/c1-2-11-7-3-4-8-12(11)15-14-16-13-9-5-6-10-18(13)17-14/h5-6,9-12H,2-4,7-8H2,1H3,(H,15,17). The number of rotatable bonds is 3. The van der Waals surface area contributed by atoms with Gasteiger partial charge in [-0.15, -0.1) is 5.10 Å². The summed E-state index contributed by atoms with van der Waals surface area (Å²) in [6.45, 7) is 2.28. The quantitative estimate of drug-likeness (QED) is 0.902. The van der Waals surface area contributed by atoms with Gasteiger partial charge in [-0.05, 0) is 30.9 Å². The lowest BCUT2D eigenvalue weighted by molar-refractivity contribution is 0.316. The molecular formula is C14H20N4. The smallest absolute Gasteiger partial charge is 0.243 e. The van der Waals surface area contributed by atoms with Crippen LogP contribution in [-0.2, 0) is 0 Å². The minimum absolute atomic E-state index is 0.543. The van der Waals surface area contributed by atoms with Gasteiger partial charge in [-0.1, -0.05) is 32.3 Å². The topological polar surface area (TPSA) is 42.2 Å². The number of pyridine rings is 1. The fourth-order valence-corrected chi connectivity index (χ4v) is 2.94. The Morgan fingerprint density at radius 3 is 3.06 bits per heavy atom. The summed E-state index contributed by atoms with van der Waals surface area (Å²) < 4.78 is 1.83. The highest BCUT2D eigenvalue weighted by molar-refractivity contribution is 5.43. The molecule has 1 aliphatic rings. The lowest BCUT2D eigenvalue weighted by Crippen LogP contribution is -2.32. The maximum atomic E-state index is 4.52. The first kappa shape index (κ1) is 11.5. The molecule has 0 radical (unpaired) electrons. The zero-order valence-corrected chi connectivity index (χ0v) is 10.8. The second-order valence-corrected chi connectivity index (χ2v) is 5.14. The molecule has 96 valence electrons. The van der Waals surface area contributed by atoms with Crippen LogP contribution in [0.2, 0.25) is 0 Å². The van der Waals surface area contributed by atoms with Gasteiger partial charge in [-0.2, -0.15) is 4.98 Å². The highest BCUT2D eigenvalue weighted by atomic mass is 15.3. The van der Waals surface area contributed by atoms with E-state index in [1.165, 1.54) is 32.1 Å². The fraction of sp³-hybridized carbons (Fsp3) is 0.571. The summed E-state index contributed by atoms with van der Waals surface area (Å²) in [6.07, 6.45) is 8.45. The van der Waals surface area contributed by atoms with Crippen molar-refractivity contribution in [3.05, 3.63) is 24.4 Å². The average Bonchev–Trinajstić information content (AvgIpc) is 2.81. The molecule has 18 heavy (non-hydrogen) atoms. The third-order valence-corrected chi connectivity index (χ3v) is 3.99. The predicted molar refractivity (Wildman–Crippen MR) is 72.6 cm³/mol. The van der Waals surface area contributed by atoms with Crippen LogP contribution in [0.4, 0.5) is 5.95 Å². The normalized spacial score (nSPS) is 24.3. The van der Waals surface area contributed by atoms with Crippen molar-refractivity contribution >= 4 is 11.6 Å². The lowest BCUT2D eigenvalue weighted by Gasteiger charge is -2.31. The van der Waals surface area contributed by atoms with E-state index in [-0.39, 0.29) is 0 Å². The molecular weight excluding hydrogens is 224 g/mol. The van der Waals surface area contributed by atoms with Crippen LogP contribution in [0.1, 0.15) is 39.0 Å². The van der Waals surface area contributed by atoms with Crippen LogP contribution in [0.25, 0.3) is 5.65 Å². The first-order valence-corrected chi connectivity index (χ1v) is 6.95. The maximum absolute atomic E-state index is 4.52. The molecule has 2 unspecified atom stereocenters. The van der Waals surface area contributed by atoms with Crippen molar-refractivity contribution in [3.63, 3.8) is 0 Å². The summed E-state index contributed by atoms with van der Waals surface area (Å²) >= 11 is 0. The Morgan fingerprint density at radius 1 is 1.33 bits per heavy atom. The molecule has 4 nitrogen and oxygen atoms in total. The van der Waals surface area contributed by atoms with Gasteiger partial charge in [0.1, 0.15) is 0 Å². The van der Waals surface area contributed by atoms with Crippen molar-refractivity contribution in [2.45, 2.75) is 45.1 Å². The van der Waals surface area contributed by atoms with Crippen molar-refractivity contribution in [3.8, 4) is 0 Å². The highest BCUT2D eigenvalue weighted by Gasteiger charge is 2.24. The molecule has 0 spiro atoms. The number of nitrogens with zero attached hydrogens (tertiary/aromatic N) is 3. The molecule has 2 heterocycles. The fourth-order valence-electron chi connectivity index (χ4n) is 2.94. The molecule has 0 bridgehead atoms. The molecule has 4 heteroatoms. The predicted octanol–water partition coefficient (Wildman–Crippen LogP) is 3.11. The van der Waals surface area contributed by atoms with Crippen molar-refractivity contribution in [1.82, 2.24) is 14.6 Å². The van der Waals surface area contributed by atoms with Crippen LogP contribution in [-0.4, -0.2) is 20.6 Å². The summed E-state index contributed by atoms with van der Waals surface area (Å²) in [5.74, 6) is 1.54. The lowest BCUT2D eigenvalue weighted by atomic mass is 9.83. The van der Waals surface area contributed by atoms with Crippen molar-refractivity contribution in [1.29, 1.82) is 0 Å². The molecule has 0 aromatic carbocycles. The van der Waals surface area contributed by atoms with Gasteiger partial charge in [0.25, 0.3) is 0 Å². The van der Waals surface area contributed by atoms with E-state index in [4.69, 9.17) is 0 Å². The highest BCUT2D eigenvalue weighted by Crippen LogP contribution is 2.28.